The number of hydrogen-bond donors (Lipinski definition) is 2. The molecule has 0 bridgehead atoms. The van der Waals surface area contributed by atoms with Gasteiger partial charge in [-0.15, -0.1) is 0 Å². The van der Waals surface area contributed by atoms with Crippen LogP contribution in [0.5, 0.6) is 0 Å². The highest BCUT2D eigenvalue weighted by Crippen LogP contribution is 2.36. The second-order valence-corrected chi connectivity index (χ2v) is 4.06. The summed E-state index contributed by atoms with van der Waals surface area (Å²) >= 11 is 0. The first-order valence-corrected chi connectivity index (χ1v) is 5.41. The molecule has 0 aliphatic heterocycles. The highest BCUT2D eigenvalue weighted by Gasteiger charge is 2.37. The Morgan fingerprint density at radius 1 is 1.40 bits per heavy atom. The van der Waals surface area contributed by atoms with E-state index in [-0.39, 0.29) is 24.7 Å². The van der Waals surface area contributed by atoms with E-state index in [0.29, 0.717) is 25.9 Å². The molecule has 5 heteroatoms. The zero-order valence-electron chi connectivity index (χ0n) is 8.77. The fourth-order valence-corrected chi connectivity index (χ4v) is 1.76. The van der Waals surface area contributed by atoms with Crippen molar-refractivity contribution in [2.24, 2.45) is 11.7 Å². The summed E-state index contributed by atoms with van der Waals surface area (Å²) in [5.74, 6) is -2.89. The summed E-state index contributed by atoms with van der Waals surface area (Å²) in [5.41, 5.74) is 5.28. The van der Waals surface area contributed by atoms with E-state index < -0.39 is 5.92 Å². The number of carbonyl (C=O) groups is 1. The summed E-state index contributed by atoms with van der Waals surface area (Å²) in [6.07, 6.45) is 0.988. The maximum atomic E-state index is 12.8. The lowest BCUT2D eigenvalue weighted by Gasteiger charge is -2.27. The molecule has 1 fully saturated rings. The molecule has 15 heavy (non-hydrogen) atoms. The minimum absolute atomic E-state index is 0.0982. The van der Waals surface area contributed by atoms with E-state index >= 15 is 0 Å². The van der Waals surface area contributed by atoms with Gasteiger partial charge in [-0.2, -0.15) is 0 Å². The molecule has 3 N–H and O–H groups in total. The molecule has 0 spiro atoms. The van der Waals surface area contributed by atoms with Crippen LogP contribution >= 0.6 is 0 Å². The summed E-state index contributed by atoms with van der Waals surface area (Å²) in [7, 11) is 0. The Labute approximate surface area is 88.4 Å². The zero-order valence-corrected chi connectivity index (χ0v) is 8.77. The van der Waals surface area contributed by atoms with Crippen LogP contribution in [-0.4, -0.2) is 24.9 Å². The summed E-state index contributed by atoms with van der Waals surface area (Å²) in [4.78, 5) is 11.5. The second-order valence-electron chi connectivity index (χ2n) is 4.06. The molecule has 0 heterocycles. The van der Waals surface area contributed by atoms with Gasteiger partial charge in [0.15, 0.2) is 0 Å². The molecular formula is C10H18F2N2O. The maximum Gasteiger partial charge on any atom is 0.248 e. The van der Waals surface area contributed by atoms with Crippen LogP contribution in [0, 0.1) is 5.92 Å². The first-order valence-electron chi connectivity index (χ1n) is 5.41. The van der Waals surface area contributed by atoms with E-state index in [1.54, 1.807) is 0 Å². The Morgan fingerprint density at radius 2 is 2.00 bits per heavy atom. The van der Waals surface area contributed by atoms with Gasteiger partial charge in [0, 0.05) is 25.3 Å². The fourth-order valence-electron chi connectivity index (χ4n) is 1.76. The topological polar surface area (TPSA) is 55.1 Å². The van der Waals surface area contributed by atoms with Gasteiger partial charge in [0.2, 0.25) is 11.8 Å². The third-order valence-corrected chi connectivity index (χ3v) is 2.77. The normalized spacial score (nSPS) is 21.3. The third kappa shape index (κ3) is 4.11. The van der Waals surface area contributed by atoms with Crippen molar-refractivity contribution in [3.05, 3.63) is 0 Å². The highest BCUT2D eigenvalue weighted by molar-refractivity contribution is 5.78. The zero-order chi connectivity index (χ0) is 11.3. The third-order valence-electron chi connectivity index (χ3n) is 2.77. The number of hydrogen-bond acceptors (Lipinski definition) is 2. The lowest BCUT2D eigenvalue weighted by molar-refractivity contribution is -0.129. The number of halogens is 2. The van der Waals surface area contributed by atoms with Crippen molar-refractivity contribution in [1.82, 2.24) is 5.32 Å². The molecule has 0 saturated heterocycles. The Balaban J connectivity index is 2.24. The smallest absolute Gasteiger partial charge is 0.248 e. The summed E-state index contributed by atoms with van der Waals surface area (Å²) in [5, 5.41) is 2.72. The predicted molar refractivity (Wildman–Crippen MR) is 53.6 cm³/mol. The number of nitrogens with two attached hydrogens (primary N) is 1. The molecule has 1 aliphatic carbocycles. The second kappa shape index (κ2) is 5.39. The summed E-state index contributed by atoms with van der Waals surface area (Å²) in [6.45, 7) is 1.07. The van der Waals surface area contributed by atoms with Crippen LogP contribution in [0.3, 0.4) is 0 Å². The molecule has 1 saturated carbocycles. The Kier molecular flexibility index (Phi) is 4.45. The first kappa shape index (κ1) is 12.4. The van der Waals surface area contributed by atoms with Crippen molar-refractivity contribution in [3.8, 4) is 0 Å². The number of alkyl halides is 2. The van der Waals surface area contributed by atoms with Crippen molar-refractivity contribution in [2.75, 3.05) is 13.1 Å². The van der Waals surface area contributed by atoms with E-state index in [1.165, 1.54) is 0 Å². The van der Waals surface area contributed by atoms with Gasteiger partial charge < -0.3 is 11.1 Å². The van der Waals surface area contributed by atoms with E-state index in [0.717, 1.165) is 6.42 Å². The molecule has 1 rings (SSSR count). The Hall–Kier alpha value is -0.710. The highest BCUT2D eigenvalue weighted by atomic mass is 19.3. The SMILES string of the molecule is NCCCNC(=O)C1CCC(F)(F)CC1. The molecule has 0 unspecified atom stereocenters. The lowest BCUT2D eigenvalue weighted by Crippen LogP contribution is -2.36. The number of rotatable bonds is 4. The largest absolute Gasteiger partial charge is 0.356 e. The van der Waals surface area contributed by atoms with Gasteiger partial charge in [0.25, 0.3) is 0 Å². The van der Waals surface area contributed by atoms with Crippen LogP contribution in [0.2, 0.25) is 0 Å². The fraction of sp³-hybridized carbons (Fsp3) is 0.900. The molecule has 1 aliphatic rings. The molecule has 0 aromatic heterocycles. The molecule has 88 valence electrons. The van der Waals surface area contributed by atoms with Crippen molar-refractivity contribution < 1.29 is 13.6 Å². The summed E-state index contributed by atoms with van der Waals surface area (Å²) < 4.78 is 25.6. The van der Waals surface area contributed by atoms with Crippen LogP contribution in [0.25, 0.3) is 0 Å². The average molecular weight is 220 g/mol. The standard InChI is InChI=1S/C10H18F2N2O/c11-10(12)4-2-8(3-5-10)9(15)14-7-1-6-13/h8H,1-7,13H2,(H,14,15). The van der Waals surface area contributed by atoms with Crippen LogP contribution in [0.15, 0.2) is 0 Å². The van der Waals surface area contributed by atoms with Gasteiger partial charge in [-0.3, -0.25) is 4.79 Å². The lowest BCUT2D eigenvalue weighted by atomic mass is 9.86. The van der Waals surface area contributed by atoms with Gasteiger partial charge in [-0.05, 0) is 25.8 Å². The van der Waals surface area contributed by atoms with Crippen molar-refractivity contribution in [2.45, 2.75) is 38.0 Å². The van der Waals surface area contributed by atoms with Gasteiger partial charge >= 0.3 is 0 Å². The Bertz CT molecular complexity index is 211. The molecule has 0 radical (unpaired) electrons. The molecule has 0 aromatic carbocycles. The van der Waals surface area contributed by atoms with Gasteiger partial charge in [0.05, 0.1) is 0 Å². The minimum Gasteiger partial charge on any atom is -0.356 e. The summed E-state index contributed by atoms with van der Waals surface area (Å²) in [6, 6.07) is 0. The predicted octanol–water partition coefficient (Wildman–Crippen LogP) is 1.28. The number of nitrogens with one attached hydrogen (secondary N) is 1. The molecule has 0 atom stereocenters. The minimum atomic E-state index is -2.56. The van der Waals surface area contributed by atoms with E-state index in [2.05, 4.69) is 5.32 Å². The van der Waals surface area contributed by atoms with E-state index in [4.69, 9.17) is 5.73 Å². The monoisotopic (exact) mass is 220 g/mol. The van der Waals surface area contributed by atoms with Crippen molar-refractivity contribution in [1.29, 1.82) is 0 Å². The first-order chi connectivity index (χ1) is 7.05. The van der Waals surface area contributed by atoms with E-state index in [1.807, 2.05) is 0 Å². The molecule has 1 amide bonds. The van der Waals surface area contributed by atoms with Gasteiger partial charge in [0.1, 0.15) is 0 Å². The van der Waals surface area contributed by atoms with Crippen LogP contribution in [0.4, 0.5) is 8.78 Å². The molecule has 0 aromatic rings. The Morgan fingerprint density at radius 3 is 2.53 bits per heavy atom. The number of amides is 1. The van der Waals surface area contributed by atoms with Crippen molar-refractivity contribution >= 4 is 5.91 Å². The number of carbonyl (C=O) groups excluding carboxylic acids is 1. The van der Waals surface area contributed by atoms with Crippen LogP contribution in [-0.2, 0) is 4.79 Å². The van der Waals surface area contributed by atoms with Crippen LogP contribution < -0.4 is 11.1 Å². The maximum absolute atomic E-state index is 12.8. The van der Waals surface area contributed by atoms with Crippen molar-refractivity contribution in [3.63, 3.8) is 0 Å². The quantitative estimate of drug-likeness (QED) is 0.701. The van der Waals surface area contributed by atoms with E-state index in [9.17, 15) is 13.6 Å². The van der Waals surface area contributed by atoms with Crippen LogP contribution in [0.1, 0.15) is 32.1 Å². The average Bonchev–Trinajstić information content (AvgIpc) is 2.18. The molecular weight excluding hydrogens is 202 g/mol. The van der Waals surface area contributed by atoms with Gasteiger partial charge in [-0.1, -0.05) is 0 Å². The molecule has 3 nitrogen and oxygen atoms in total. The van der Waals surface area contributed by atoms with Gasteiger partial charge in [-0.25, -0.2) is 8.78 Å².